The SMILES string of the molecule is NNC(c1ccc2c(c1)OCCO2)c1ccc(Cl)cc1N. The summed E-state index contributed by atoms with van der Waals surface area (Å²) >= 11 is 5.94. The highest BCUT2D eigenvalue weighted by molar-refractivity contribution is 6.30. The van der Waals surface area contributed by atoms with E-state index in [2.05, 4.69) is 5.43 Å². The van der Waals surface area contributed by atoms with E-state index in [1.165, 1.54) is 0 Å². The highest BCUT2D eigenvalue weighted by Gasteiger charge is 2.19. The van der Waals surface area contributed by atoms with Crippen molar-refractivity contribution < 1.29 is 9.47 Å². The zero-order valence-electron chi connectivity index (χ0n) is 11.3. The number of hydrogen-bond acceptors (Lipinski definition) is 5. The molecule has 0 bridgehead atoms. The van der Waals surface area contributed by atoms with Gasteiger partial charge in [0.1, 0.15) is 13.2 Å². The lowest BCUT2D eigenvalue weighted by molar-refractivity contribution is 0.171. The van der Waals surface area contributed by atoms with E-state index in [0.717, 1.165) is 16.9 Å². The predicted octanol–water partition coefficient (Wildman–Crippen LogP) is 2.25. The molecule has 5 nitrogen and oxygen atoms in total. The number of rotatable bonds is 3. The van der Waals surface area contributed by atoms with Crippen molar-refractivity contribution in [2.75, 3.05) is 18.9 Å². The van der Waals surface area contributed by atoms with Crippen LogP contribution in [0.1, 0.15) is 17.2 Å². The van der Waals surface area contributed by atoms with Crippen molar-refractivity contribution in [3.8, 4) is 11.5 Å². The molecular formula is C15H16ClN3O2. The number of nitrogen functional groups attached to an aromatic ring is 1. The summed E-state index contributed by atoms with van der Waals surface area (Å²) in [6.07, 6.45) is 0. The van der Waals surface area contributed by atoms with E-state index in [9.17, 15) is 0 Å². The second-order valence-corrected chi connectivity index (χ2v) is 5.21. The van der Waals surface area contributed by atoms with Crippen molar-refractivity contribution in [3.05, 3.63) is 52.5 Å². The Labute approximate surface area is 127 Å². The molecule has 0 aromatic heterocycles. The van der Waals surface area contributed by atoms with Crippen molar-refractivity contribution in [1.29, 1.82) is 0 Å². The number of halogens is 1. The summed E-state index contributed by atoms with van der Waals surface area (Å²) in [7, 11) is 0. The predicted molar refractivity (Wildman–Crippen MR) is 82.5 cm³/mol. The van der Waals surface area contributed by atoms with Crippen LogP contribution in [-0.4, -0.2) is 13.2 Å². The van der Waals surface area contributed by atoms with Crippen LogP contribution in [0.5, 0.6) is 11.5 Å². The zero-order valence-corrected chi connectivity index (χ0v) is 12.1. The van der Waals surface area contributed by atoms with Crippen molar-refractivity contribution in [1.82, 2.24) is 5.43 Å². The van der Waals surface area contributed by atoms with Gasteiger partial charge in [0, 0.05) is 10.7 Å². The van der Waals surface area contributed by atoms with E-state index >= 15 is 0 Å². The van der Waals surface area contributed by atoms with Gasteiger partial charge in [-0.15, -0.1) is 0 Å². The maximum absolute atomic E-state index is 6.04. The largest absolute Gasteiger partial charge is 0.486 e. The van der Waals surface area contributed by atoms with Gasteiger partial charge in [-0.05, 0) is 35.4 Å². The standard InChI is InChI=1S/C15H16ClN3O2/c16-10-2-3-11(12(17)8-10)15(19-18)9-1-4-13-14(7-9)21-6-5-20-13/h1-4,7-8,15,19H,5-6,17-18H2. The van der Waals surface area contributed by atoms with Crippen LogP contribution < -0.4 is 26.5 Å². The fourth-order valence-electron chi connectivity index (χ4n) is 2.41. The van der Waals surface area contributed by atoms with E-state index in [1.54, 1.807) is 12.1 Å². The lowest BCUT2D eigenvalue weighted by Gasteiger charge is -2.23. The molecule has 0 saturated carbocycles. The van der Waals surface area contributed by atoms with Gasteiger partial charge >= 0.3 is 0 Å². The van der Waals surface area contributed by atoms with Crippen LogP contribution >= 0.6 is 11.6 Å². The monoisotopic (exact) mass is 305 g/mol. The maximum Gasteiger partial charge on any atom is 0.161 e. The van der Waals surface area contributed by atoms with Crippen LogP contribution in [0.2, 0.25) is 5.02 Å². The van der Waals surface area contributed by atoms with Crippen molar-refractivity contribution in [3.63, 3.8) is 0 Å². The molecular weight excluding hydrogens is 290 g/mol. The summed E-state index contributed by atoms with van der Waals surface area (Å²) in [5.41, 5.74) is 11.2. The Morgan fingerprint density at radius 2 is 1.81 bits per heavy atom. The highest BCUT2D eigenvalue weighted by Crippen LogP contribution is 2.35. The molecule has 2 aromatic carbocycles. The normalized spacial score (nSPS) is 14.8. The molecule has 0 radical (unpaired) electrons. The summed E-state index contributed by atoms with van der Waals surface area (Å²) in [6.45, 7) is 1.11. The number of nitrogens with one attached hydrogen (secondary N) is 1. The minimum absolute atomic E-state index is 0.252. The summed E-state index contributed by atoms with van der Waals surface area (Å²) in [4.78, 5) is 0. The molecule has 21 heavy (non-hydrogen) atoms. The number of ether oxygens (including phenoxy) is 2. The van der Waals surface area contributed by atoms with E-state index in [-0.39, 0.29) is 6.04 Å². The van der Waals surface area contributed by atoms with Crippen LogP contribution in [-0.2, 0) is 0 Å². The average molecular weight is 306 g/mol. The van der Waals surface area contributed by atoms with Gasteiger partial charge in [0.2, 0.25) is 0 Å². The first-order chi connectivity index (χ1) is 10.2. The lowest BCUT2D eigenvalue weighted by atomic mass is 9.97. The van der Waals surface area contributed by atoms with Crippen LogP contribution in [0.25, 0.3) is 0 Å². The first-order valence-electron chi connectivity index (χ1n) is 6.59. The number of nitrogens with two attached hydrogens (primary N) is 2. The Morgan fingerprint density at radius 1 is 1.05 bits per heavy atom. The number of fused-ring (bicyclic) bond motifs is 1. The van der Waals surface area contributed by atoms with E-state index in [4.69, 9.17) is 32.7 Å². The van der Waals surface area contributed by atoms with Gasteiger partial charge in [0.25, 0.3) is 0 Å². The number of hydrazine groups is 1. The molecule has 6 heteroatoms. The van der Waals surface area contributed by atoms with Gasteiger partial charge in [-0.25, -0.2) is 5.43 Å². The molecule has 1 heterocycles. The maximum atomic E-state index is 6.04. The summed E-state index contributed by atoms with van der Waals surface area (Å²) in [6, 6.07) is 10.8. The summed E-state index contributed by atoms with van der Waals surface area (Å²) in [5, 5.41) is 0.592. The topological polar surface area (TPSA) is 82.5 Å². The summed E-state index contributed by atoms with van der Waals surface area (Å²) < 4.78 is 11.1. The fraction of sp³-hybridized carbons (Fsp3) is 0.200. The molecule has 1 unspecified atom stereocenters. The third kappa shape index (κ3) is 2.76. The van der Waals surface area contributed by atoms with Crippen molar-refractivity contribution >= 4 is 17.3 Å². The summed E-state index contributed by atoms with van der Waals surface area (Å²) in [5.74, 6) is 7.16. The van der Waals surface area contributed by atoms with E-state index < -0.39 is 0 Å². The Morgan fingerprint density at radius 3 is 2.52 bits per heavy atom. The number of hydrogen-bond donors (Lipinski definition) is 3. The molecule has 0 amide bonds. The Bertz CT molecular complexity index is 663. The van der Waals surface area contributed by atoms with Gasteiger partial charge in [0.15, 0.2) is 11.5 Å². The third-order valence-electron chi connectivity index (χ3n) is 3.43. The van der Waals surface area contributed by atoms with Crippen LogP contribution in [0.4, 0.5) is 5.69 Å². The van der Waals surface area contributed by atoms with E-state index in [0.29, 0.717) is 29.7 Å². The lowest BCUT2D eigenvalue weighted by Crippen LogP contribution is -2.29. The second-order valence-electron chi connectivity index (χ2n) is 4.78. The first-order valence-corrected chi connectivity index (χ1v) is 6.97. The van der Waals surface area contributed by atoms with Gasteiger partial charge in [-0.1, -0.05) is 23.7 Å². The first kappa shape index (κ1) is 14.0. The molecule has 0 spiro atoms. The number of benzene rings is 2. The highest BCUT2D eigenvalue weighted by atomic mass is 35.5. The minimum atomic E-state index is -0.252. The molecule has 1 atom stereocenters. The van der Waals surface area contributed by atoms with Crippen molar-refractivity contribution in [2.24, 2.45) is 5.84 Å². The molecule has 0 saturated heterocycles. The molecule has 110 valence electrons. The molecule has 2 aromatic rings. The minimum Gasteiger partial charge on any atom is -0.486 e. The molecule has 3 rings (SSSR count). The molecule has 0 aliphatic carbocycles. The quantitative estimate of drug-likeness (QED) is 0.460. The van der Waals surface area contributed by atoms with Crippen molar-refractivity contribution in [2.45, 2.75) is 6.04 Å². The number of anilines is 1. The molecule has 1 aliphatic heterocycles. The smallest absolute Gasteiger partial charge is 0.161 e. The van der Waals surface area contributed by atoms with Gasteiger partial charge in [0.05, 0.1) is 6.04 Å². The van der Waals surface area contributed by atoms with Crippen LogP contribution in [0.15, 0.2) is 36.4 Å². The fourth-order valence-corrected chi connectivity index (χ4v) is 2.59. The van der Waals surface area contributed by atoms with Crippen LogP contribution in [0.3, 0.4) is 0 Å². The third-order valence-corrected chi connectivity index (χ3v) is 3.66. The second kappa shape index (κ2) is 5.81. The van der Waals surface area contributed by atoms with Gasteiger partial charge in [-0.2, -0.15) is 0 Å². The Kier molecular flexibility index (Phi) is 3.88. The zero-order chi connectivity index (χ0) is 14.8. The molecule has 5 N–H and O–H groups in total. The van der Waals surface area contributed by atoms with E-state index in [1.807, 2.05) is 24.3 Å². The van der Waals surface area contributed by atoms with Gasteiger partial charge < -0.3 is 15.2 Å². The molecule has 1 aliphatic rings. The van der Waals surface area contributed by atoms with Crippen LogP contribution in [0, 0.1) is 0 Å². The average Bonchev–Trinajstić information content (AvgIpc) is 2.50. The van der Waals surface area contributed by atoms with Gasteiger partial charge in [-0.3, -0.25) is 5.84 Å². The molecule has 0 fully saturated rings. The Balaban J connectivity index is 1.99. The Hall–Kier alpha value is -1.95.